The van der Waals surface area contributed by atoms with E-state index in [4.69, 9.17) is 5.84 Å². The smallest absolute Gasteiger partial charge is 0.266 e. The Hall–Kier alpha value is -2.31. The van der Waals surface area contributed by atoms with Crippen molar-refractivity contribution < 1.29 is 4.79 Å². The number of nitrogens with one attached hydrogen (secondary N) is 1. The van der Waals surface area contributed by atoms with E-state index in [0.29, 0.717) is 12.1 Å². The number of hydrazine groups is 1. The van der Waals surface area contributed by atoms with Crippen molar-refractivity contribution in [3.8, 4) is 0 Å². The number of nitrogens with two attached hydrogens (primary N) is 1. The number of nitrogen functional groups attached to an aromatic ring is 1. The van der Waals surface area contributed by atoms with Crippen molar-refractivity contribution >= 4 is 5.91 Å². The van der Waals surface area contributed by atoms with Crippen LogP contribution in [0.15, 0.2) is 42.7 Å². The zero-order valence-corrected chi connectivity index (χ0v) is 12.0. The Morgan fingerprint density at radius 3 is 2.48 bits per heavy atom. The largest absolute Gasteiger partial charge is 0.292 e. The summed E-state index contributed by atoms with van der Waals surface area (Å²) >= 11 is 0. The minimum Gasteiger partial charge on any atom is -0.292 e. The lowest BCUT2D eigenvalue weighted by Gasteiger charge is -2.19. The fraction of sp³-hybridized carbons (Fsp3) is 0.267. The number of hydrogen-bond donors (Lipinski definition) is 2. The summed E-state index contributed by atoms with van der Waals surface area (Å²) in [6.45, 7) is 4.46. The molecule has 0 saturated heterocycles. The maximum atomic E-state index is 11.3. The van der Waals surface area contributed by atoms with Gasteiger partial charge in [0.15, 0.2) is 0 Å². The van der Waals surface area contributed by atoms with Crippen molar-refractivity contribution in [3.63, 3.8) is 0 Å². The summed E-state index contributed by atoms with van der Waals surface area (Å²) in [6, 6.07) is 9.45. The van der Waals surface area contributed by atoms with Crippen LogP contribution in [0.1, 0.15) is 28.7 Å². The van der Waals surface area contributed by atoms with Crippen LogP contribution in [0.4, 0.5) is 0 Å². The van der Waals surface area contributed by atoms with E-state index in [2.05, 4.69) is 27.2 Å². The van der Waals surface area contributed by atoms with Crippen LogP contribution in [0.25, 0.3) is 0 Å². The molecule has 110 valence electrons. The number of amides is 1. The second-order valence-corrected chi connectivity index (χ2v) is 4.64. The maximum Gasteiger partial charge on any atom is 0.266 e. The lowest BCUT2D eigenvalue weighted by atomic mass is 10.2. The third-order valence-electron chi connectivity index (χ3n) is 3.16. The Labute approximate surface area is 124 Å². The summed E-state index contributed by atoms with van der Waals surface area (Å²) in [6.07, 6.45) is 3.33. The highest BCUT2D eigenvalue weighted by atomic mass is 16.2. The molecule has 3 N–H and O–H groups in total. The molecule has 0 saturated carbocycles. The van der Waals surface area contributed by atoms with Crippen LogP contribution in [0, 0.1) is 0 Å². The quantitative estimate of drug-likeness (QED) is 0.472. The minimum atomic E-state index is -0.338. The van der Waals surface area contributed by atoms with Gasteiger partial charge in [0.05, 0.1) is 17.0 Å². The fourth-order valence-corrected chi connectivity index (χ4v) is 1.97. The highest BCUT2D eigenvalue weighted by Gasteiger charge is 2.08. The van der Waals surface area contributed by atoms with Gasteiger partial charge < -0.3 is 0 Å². The number of rotatable bonds is 6. The molecule has 0 aromatic carbocycles. The van der Waals surface area contributed by atoms with Gasteiger partial charge in [0.1, 0.15) is 0 Å². The van der Waals surface area contributed by atoms with Gasteiger partial charge in [0.25, 0.3) is 5.91 Å². The summed E-state index contributed by atoms with van der Waals surface area (Å²) in [5.74, 6) is 4.75. The second-order valence-electron chi connectivity index (χ2n) is 4.64. The van der Waals surface area contributed by atoms with Gasteiger partial charge in [-0.15, -0.1) is 0 Å². The van der Waals surface area contributed by atoms with Gasteiger partial charge in [-0.25, -0.2) is 5.84 Å². The summed E-state index contributed by atoms with van der Waals surface area (Å²) in [7, 11) is 0. The van der Waals surface area contributed by atoms with E-state index < -0.39 is 0 Å². The van der Waals surface area contributed by atoms with E-state index in [1.165, 1.54) is 6.20 Å². The average molecular weight is 285 g/mol. The Morgan fingerprint density at radius 1 is 1.19 bits per heavy atom. The van der Waals surface area contributed by atoms with Crippen molar-refractivity contribution in [2.75, 3.05) is 6.54 Å². The molecule has 0 aliphatic rings. The molecule has 1 amide bonds. The first-order valence-electron chi connectivity index (χ1n) is 6.81. The van der Waals surface area contributed by atoms with Crippen LogP contribution in [0.2, 0.25) is 0 Å². The van der Waals surface area contributed by atoms with Crippen LogP contribution < -0.4 is 11.3 Å². The second kappa shape index (κ2) is 7.47. The zero-order chi connectivity index (χ0) is 15.1. The molecule has 2 heterocycles. The van der Waals surface area contributed by atoms with Gasteiger partial charge in [0.2, 0.25) is 0 Å². The molecule has 2 rings (SSSR count). The SMILES string of the molecule is CCN(Cc1ccccn1)Cc1ccc(C(=O)NN)cn1. The molecule has 0 atom stereocenters. The third-order valence-corrected chi connectivity index (χ3v) is 3.16. The van der Waals surface area contributed by atoms with E-state index in [0.717, 1.165) is 24.5 Å². The van der Waals surface area contributed by atoms with Gasteiger partial charge in [-0.2, -0.15) is 0 Å². The van der Waals surface area contributed by atoms with Crippen LogP contribution in [0.5, 0.6) is 0 Å². The molecule has 0 bridgehead atoms. The first kappa shape index (κ1) is 15.1. The van der Waals surface area contributed by atoms with Crippen LogP contribution in [-0.2, 0) is 13.1 Å². The normalized spacial score (nSPS) is 10.6. The van der Waals surface area contributed by atoms with Crippen molar-refractivity contribution in [2.24, 2.45) is 5.84 Å². The van der Waals surface area contributed by atoms with Crippen LogP contribution in [0.3, 0.4) is 0 Å². The van der Waals surface area contributed by atoms with Gasteiger partial charge in [-0.1, -0.05) is 13.0 Å². The van der Waals surface area contributed by atoms with Gasteiger partial charge in [-0.05, 0) is 30.8 Å². The van der Waals surface area contributed by atoms with Crippen molar-refractivity contribution in [1.29, 1.82) is 0 Å². The van der Waals surface area contributed by atoms with Gasteiger partial charge in [-0.3, -0.25) is 25.1 Å². The average Bonchev–Trinajstić information content (AvgIpc) is 2.55. The number of pyridine rings is 2. The van der Waals surface area contributed by atoms with E-state index in [9.17, 15) is 4.79 Å². The molecule has 0 aliphatic carbocycles. The number of hydrogen-bond acceptors (Lipinski definition) is 5. The molecule has 0 radical (unpaired) electrons. The zero-order valence-electron chi connectivity index (χ0n) is 12.0. The Kier molecular flexibility index (Phi) is 5.36. The molecule has 0 aliphatic heterocycles. The van der Waals surface area contributed by atoms with E-state index in [-0.39, 0.29) is 5.91 Å². The highest BCUT2D eigenvalue weighted by molar-refractivity contribution is 5.93. The topological polar surface area (TPSA) is 84.1 Å². The molecule has 2 aromatic heterocycles. The maximum absolute atomic E-state index is 11.3. The molecule has 6 nitrogen and oxygen atoms in total. The van der Waals surface area contributed by atoms with Crippen molar-refractivity contribution in [2.45, 2.75) is 20.0 Å². The molecule has 21 heavy (non-hydrogen) atoms. The Bertz CT molecular complexity index is 570. The first-order chi connectivity index (χ1) is 10.2. The number of carbonyl (C=O) groups excluding carboxylic acids is 1. The molecule has 0 spiro atoms. The molecule has 0 fully saturated rings. The highest BCUT2D eigenvalue weighted by Crippen LogP contribution is 2.07. The predicted molar refractivity (Wildman–Crippen MR) is 79.9 cm³/mol. The fourth-order valence-electron chi connectivity index (χ4n) is 1.97. The lowest BCUT2D eigenvalue weighted by molar-refractivity contribution is 0.0953. The van der Waals surface area contributed by atoms with E-state index >= 15 is 0 Å². The first-order valence-corrected chi connectivity index (χ1v) is 6.81. The standard InChI is InChI=1S/C15H19N5O/c1-2-20(10-13-5-3-4-8-17-13)11-14-7-6-12(9-18-14)15(21)19-16/h3-9H,2,10-11,16H2,1H3,(H,19,21). The molecule has 2 aromatic rings. The van der Waals surface area contributed by atoms with Crippen LogP contribution in [-0.4, -0.2) is 27.3 Å². The van der Waals surface area contributed by atoms with Gasteiger partial charge in [0, 0.05) is 25.5 Å². The Balaban J connectivity index is 2.00. The van der Waals surface area contributed by atoms with E-state index in [1.807, 2.05) is 24.3 Å². The molecule has 0 unspecified atom stereocenters. The minimum absolute atomic E-state index is 0.338. The molecular weight excluding hydrogens is 266 g/mol. The van der Waals surface area contributed by atoms with E-state index in [1.54, 1.807) is 12.3 Å². The molecule has 6 heteroatoms. The van der Waals surface area contributed by atoms with Crippen molar-refractivity contribution in [1.82, 2.24) is 20.3 Å². The summed E-state index contributed by atoms with van der Waals surface area (Å²) in [4.78, 5) is 22.2. The molecular formula is C15H19N5O. The summed E-state index contributed by atoms with van der Waals surface area (Å²) in [5.41, 5.74) is 4.47. The number of aromatic nitrogens is 2. The van der Waals surface area contributed by atoms with Crippen LogP contribution >= 0.6 is 0 Å². The number of carbonyl (C=O) groups is 1. The Morgan fingerprint density at radius 2 is 1.95 bits per heavy atom. The lowest BCUT2D eigenvalue weighted by Crippen LogP contribution is -2.30. The van der Waals surface area contributed by atoms with Gasteiger partial charge >= 0.3 is 0 Å². The predicted octanol–water partition coefficient (Wildman–Crippen LogP) is 1.10. The number of nitrogens with zero attached hydrogens (tertiary/aromatic N) is 3. The monoisotopic (exact) mass is 285 g/mol. The summed E-state index contributed by atoms with van der Waals surface area (Å²) in [5, 5.41) is 0. The van der Waals surface area contributed by atoms with Crippen molar-refractivity contribution in [3.05, 3.63) is 59.7 Å². The third kappa shape index (κ3) is 4.34. The summed E-state index contributed by atoms with van der Waals surface area (Å²) < 4.78 is 0.